The van der Waals surface area contributed by atoms with E-state index in [2.05, 4.69) is 46.2 Å². The number of ether oxygens (including phenoxy) is 2. The van der Waals surface area contributed by atoms with Gasteiger partial charge in [0.25, 0.3) is 0 Å². The topological polar surface area (TPSA) is 59.5 Å². The molecule has 1 heterocycles. The molecule has 0 saturated carbocycles. The third-order valence-corrected chi connectivity index (χ3v) is 5.16. The van der Waals surface area contributed by atoms with Crippen molar-refractivity contribution in [2.45, 2.75) is 33.9 Å². The summed E-state index contributed by atoms with van der Waals surface area (Å²) in [4.78, 5) is 10.8. The highest BCUT2D eigenvalue weighted by molar-refractivity contribution is 5.54. The maximum Gasteiger partial charge on any atom is 0.227 e. The van der Waals surface area contributed by atoms with E-state index in [0.717, 1.165) is 25.3 Å². The first-order valence-corrected chi connectivity index (χ1v) is 10.5. The molecule has 0 aliphatic heterocycles. The normalized spacial score (nSPS) is 11.0. The standard InChI is InChI=1S/C24H28F2N4O2/c1-5-30(6-2)14-17-8-7-9-18(11-17)29-24-27-12-19(13-28-24)32-15-20-22(25)16(3)10-21(31-4)23(20)26/h7-13H,5-6,14-15H2,1-4H3,(H,27,28,29). The van der Waals surface area contributed by atoms with E-state index in [1.807, 2.05) is 12.1 Å². The molecule has 0 bridgehead atoms. The summed E-state index contributed by atoms with van der Waals surface area (Å²) >= 11 is 0. The molecule has 0 atom stereocenters. The van der Waals surface area contributed by atoms with Gasteiger partial charge in [-0.25, -0.2) is 18.7 Å². The van der Waals surface area contributed by atoms with Gasteiger partial charge in [-0.2, -0.15) is 0 Å². The lowest BCUT2D eigenvalue weighted by Crippen LogP contribution is -2.22. The maximum absolute atomic E-state index is 14.4. The molecule has 170 valence electrons. The van der Waals surface area contributed by atoms with Crippen molar-refractivity contribution in [1.82, 2.24) is 14.9 Å². The van der Waals surface area contributed by atoms with Crippen LogP contribution in [0.25, 0.3) is 0 Å². The molecule has 0 radical (unpaired) electrons. The van der Waals surface area contributed by atoms with Gasteiger partial charge in [0.15, 0.2) is 17.3 Å². The van der Waals surface area contributed by atoms with E-state index >= 15 is 0 Å². The quantitative estimate of drug-likeness (QED) is 0.464. The number of methoxy groups -OCH3 is 1. The Balaban J connectivity index is 1.65. The summed E-state index contributed by atoms with van der Waals surface area (Å²) in [5.41, 5.74) is 2.14. The number of nitrogens with zero attached hydrogens (tertiary/aromatic N) is 3. The molecule has 0 aliphatic rings. The molecular weight excluding hydrogens is 414 g/mol. The molecule has 0 saturated heterocycles. The summed E-state index contributed by atoms with van der Waals surface area (Å²) in [7, 11) is 1.33. The predicted molar refractivity (Wildman–Crippen MR) is 120 cm³/mol. The molecule has 0 amide bonds. The van der Waals surface area contributed by atoms with Crippen molar-refractivity contribution in [2.24, 2.45) is 0 Å². The van der Waals surface area contributed by atoms with E-state index < -0.39 is 11.6 Å². The van der Waals surface area contributed by atoms with Crippen LogP contribution in [0, 0.1) is 18.6 Å². The Hall–Kier alpha value is -3.26. The van der Waals surface area contributed by atoms with Crippen LogP contribution in [0.5, 0.6) is 11.5 Å². The average molecular weight is 443 g/mol. The number of aryl methyl sites for hydroxylation is 1. The number of nitrogens with one attached hydrogen (secondary N) is 1. The van der Waals surface area contributed by atoms with Gasteiger partial charge in [0.2, 0.25) is 5.95 Å². The van der Waals surface area contributed by atoms with Crippen molar-refractivity contribution < 1.29 is 18.3 Å². The first kappa shape index (κ1) is 23.4. The summed E-state index contributed by atoms with van der Waals surface area (Å²) in [5, 5.41) is 3.16. The lowest BCUT2D eigenvalue weighted by Gasteiger charge is -2.18. The van der Waals surface area contributed by atoms with Gasteiger partial charge in [0, 0.05) is 12.2 Å². The Morgan fingerprint density at radius 3 is 2.41 bits per heavy atom. The molecule has 3 rings (SSSR count). The van der Waals surface area contributed by atoms with Crippen molar-refractivity contribution in [3.63, 3.8) is 0 Å². The van der Waals surface area contributed by atoms with E-state index in [9.17, 15) is 8.78 Å². The third-order valence-electron chi connectivity index (χ3n) is 5.16. The van der Waals surface area contributed by atoms with Gasteiger partial charge in [-0.05, 0) is 49.3 Å². The number of rotatable bonds is 10. The third kappa shape index (κ3) is 5.70. The van der Waals surface area contributed by atoms with Gasteiger partial charge in [0.1, 0.15) is 12.4 Å². The Kier molecular flexibility index (Phi) is 7.94. The van der Waals surface area contributed by atoms with Crippen molar-refractivity contribution in [1.29, 1.82) is 0 Å². The Morgan fingerprint density at radius 1 is 1.03 bits per heavy atom. The molecule has 1 aromatic heterocycles. The molecule has 32 heavy (non-hydrogen) atoms. The lowest BCUT2D eigenvalue weighted by molar-refractivity contribution is 0.285. The van der Waals surface area contributed by atoms with E-state index in [1.165, 1.54) is 31.1 Å². The van der Waals surface area contributed by atoms with E-state index in [1.54, 1.807) is 6.92 Å². The van der Waals surface area contributed by atoms with Gasteiger partial charge < -0.3 is 14.8 Å². The molecule has 0 unspecified atom stereocenters. The highest BCUT2D eigenvalue weighted by Gasteiger charge is 2.18. The van der Waals surface area contributed by atoms with E-state index in [-0.39, 0.29) is 23.5 Å². The van der Waals surface area contributed by atoms with Crippen LogP contribution in [-0.4, -0.2) is 35.1 Å². The summed E-state index contributed by atoms with van der Waals surface area (Å²) in [5.74, 6) is -0.773. The number of aromatic nitrogens is 2. The smallest absolute Gasteiger partial charge is 0.227 e. The van der Waals surface area contributed by atoms with Crippen molar-refractivity contribution in [3.05, 3.63) is 71.1 Å². The second-order valence-electron chi connectivity index (χ2n) is 7.32. The number of halogens is 2. The highest BCUT2D eigenvalue weighted by Crippen LogP contribution is 2.27. The Labute approximate surface area is 187 Å². The van der Waals surface area contributed by atoms with Crippen LogP contribution >= 0.6 is 0 Å². The van der Waals surface area contributed by atoms with Crippen LogP contribution in [0.3, 0.4) is 0 Å². The minimum absolute atomic E-state index is 0.0264. The number of hydrogen-bond acceptors (Lipinski definition) is 6. The van der Waals surface area contributed by atoms with Gasteiger partial charge >= 0.3 is 0 Å². The van der Waals surface area contributed by atoms with Gasteiger partial charge in [0.05, 0.1) is 25.1 Å². The minimum atomic E-state index is -0.778. The van der Waals surface area contributed by atoms with Gasteiger partial charge in [-0.3, -0.25) is 4.90 Å². The summed E-state index contributed by atoms with van der Waals surface area (Å²) in [6.07, 6.45) is 2.91. The minimum Gasteiger partial charge on any atom is -0.494 e. The van der Waals surface area contributed by atoms with Crippen LogP contribution in [-0.2, 0) is 13.2 Å². The molecular formula is C24H28F2N4O2. The lowest BCUT2D eigenvalue weighted by atomic mass is 10.1. The maximum atomic E-state index is 14.4. The molecule has 1 N–H and O–H groups in total. The fourth-order valence-corrected chi connectivity index (χ4v) is 3.27. The molecule has 2 aromatic carbocycles. The van der Waals surface area contributed by atoms with Crippen molar-refractivity contribution in [2.75, 3.05) is 25.5 Å². The number of hydrogen-bond donors (Lipinski definition) is 1. The fourth-order valence-electron chi connectivity index (χ4n) is 3.27. The Bertz CT molecular complexity index is 1040. The second kappa shape index (κ2) is 10.9. The van der Waals surface area contributed by atoms with E-state index in [0.29, 0.717) is 11.7 Å². The van der Waals surface area contributed by atoms with Crippen LogP contribution < -0.4 is 14.8 Å². The van der Waals surface area contributed by atoms with Crippen LogP contribution in [0.4, 0.5) is 20.4 Å². The molecule has 0 aliphatic carbocycles. The zero-order valence-corrected chi connectivity index (χ0v) is 18.8. The Morgan fingerprint density at radius 2 is 1.75 bits per heavy atom. The zero-order chi connectivity index (χ0) is 23.1. The SMILES string of the molecule is CCN(CC)Cc1cccc(Nc2ncc(OCc3c(F)c(C)cc(OC)c3F)cn2)c1. The van der Waals surface area contributed by atoms with Crippen LogP contribution in [0.15, 0.2) is 42.7 Å². The largest absolute Gasteiger partial charge is 0.494 e. The average Bonchev–Trinajstić information content (AvgIpc) is 2.81. The summed E-state index contributed by atoms with van der Waals surface area (Å²) in [6, 6.07) is 9.38. The van der Waals surface area contributed by atoms with Crippen molar-refractivity contribution in [3.8, 4) is 11.5 Å². The molecule has 8 heteroatoms. The number of benzene rings is 2. The zero-order valence-electron chi connectivity index (χ0n) is 18.8. The number of anilines is 2. The monoisotopic (exact) mass is 442 g/mol. The van der Waals surface area contributed by atoms with Gasteiger partial charge in [-0.15, -0.1) is 0 Å². The van der Waals surface area contributed by atoms with E-state index in [4.69, 9.17) is 9.47 Å². The second-order valence-corrected chi connectivity index (χ2v) is 7.32. The first-order valence-electron chi connectivity index (χ1n) is 10.5. The molecule has 0 spiro atoms. The van der Waals surface area contributed by atoms with Gasteiger partial charge in [-0.1, -0.05) is 26.0 Å². The van der Waals surface area contributed by atoms with Crippen molar-refractivity contribution >= 4 is 11.6 Å². The molecule has 6 nitrogen and oxygen atoms in total. The van der Waals surface area contributed by atoms with Crippen LogP contribution in [0.1, 0.15) is 30.5 Å². The first-order chi connectivity index (χ1) is 15.4. The fraction of sp³-hybridized carbons (Fsp3) is 0.333. The summed E-state index contributed by atoms with van der Waals surface area (Å²) in [6.45, 7) is 8.36. The highest BCUT2D eigenvalue weighted by atomic mass is 19.1. The molecule has 3 aromatic rings. The van der Waals surface area contributed by atoms with Crippen LogP contribution in [0.2, 0.25) is 0 Å². The molecule has 0 fully saturated rings. The summed E-state index contributed by atoms with van der Waals surface area (Å²) < 4.78 is 39.2. The predicted octanol–water partition coefficient (Wildman–Crippen LogP) is 5.24.